The van der Waals surface area contributed by atoms with E-state index < -0.39 is 4.92 Å². The first kappa shape index (κ1) is 15.4. The number of benzene rings is 1. The van der Waals surface area contributed by atoms with E-state index >= 15 is 0 Å². The minimum absolute atomic E-state index is 0.0215. The maximum absolute atomic E-state index is 10.7. The van der Waals surface area contributed by atoms with Gasteiger partial charge in [-0.3, -0.25) is 10.1 Å². The average Bonchev–Trinajstić information content (AvgIpc) is 2.89. The third-order valence-electron chi connectivity index (χ3n) is 2.90. The highest BCUT2D eigenvalue weighted by atomic mass is 35.5. The third-order valence-corrected chi connectivity index (χ3v) is 3.25. The summed E-state index contributed by atoms with van der Waals surface area (Å²) in [6, 6.07) is 4.41. The Morgan fingerprint density at radius 1 is 1.48 bits per heavy atom. The molecule has 0 saturated heterocycles. The summed E-state index contributed by atoms with van der Waals surface area (Å²) in [7, 11) is 0. The number of aromatic nitrogens is 3. The largest absolute Gasteiger partial charge is 0.311 e. The summed E-state index contributed by atoms with van der Waals surface area (Å²) in [4.78, 5) is 10.2. The molecule has 0 fully saturated rings. The van der Waals surface area contributed by atoms with Crippen LogP contribution < -0.4 is 5.32 Å². The second-order valence-electron chi connectivity index (χ2n) is 4.62. The van der Waals surface area contributed by atoms with Crippen molar-refractivity contribution in [1.29, 1.82) is 0 Å². The van der Waals surface area contributed by atoms with Crippen molar-refractivity contribution in [3.8, 4) is 0 Å². The van der Waals surface area contributed by atoms with E-state index in [1.807, 2.05) is 6.20 Å². The lowest BCUT2D eigenvalue weighted by atomic mass is 10.2. The van der Waals surface area contributed by atoms with E-state index in [9.17, 15) is 10.1 Å². The van der Waals surface area contributed by atoms with Crippen LogP contribution >= 0.6 is 11.6 Å². The summed E-state index contributed by atoms with van der Waals surface area (Å²) in [6.07, 6.45) is 2.90. The Bertz CT molecular complexity index is 629. The quantitative estimate of drug-likeness (QED) is 0.482. The van der Waals surface area contributed by atoms with Crippen LogP contribution in [0.25, 0.3) is 0 Å². The van der Waals surface area contributed by atoms with E-state index in [0.717, 1.165) is 24.2 Å². The summed E-state index contributed by atoms with van der Waals surface area (Å²) in [5, 5.41) is 22.3. The molecule has 1 N–H and O–H groups in total. The first-order valence-electron chi connectivity index (χ1n) is 6.62. The summed E-state index contributed by atoms with van der Waals surface area (Å²) < 4.78 is 1.66. The molecule has 1 aromatic heterocycles. The van der Waals surface area contributed by atoms with Crippen LogP contribution in [-0.2, 0) is 13.1 Å². The zero-order chi connectivity index (χ0) is 15.2. The summed E-state index contributed by atoms with van der Waals surface area (Å²) in [5.74, 6) is 0. The van der Waals surface area contributed by atoms with Crippen LogP contribution in [-0.4, -0.2) is 26.5 Å². The van der Waals surface area contributed by atoms with Gasteiger partial charge >= 0.3 is 0 Å². The van der Waals surface area contributed by atoms with Gasteiger partial charge in [0.1, 0.15) is 0 Å². The molecule has 0 aliphatic rings. The Labute approximate surface area is 127 Å². The summed E-state index contributed by atoms with van der Waals surface area (Å²) in [5.41, 5.74) is 1.59. The Morgan fingerprint density at radius 3 is 2.95 bits per heavy atom. The zero-order valence-corrected chi connectivity index (χ0v) is 12.4. The lowest BCUT2D eigenvalue weighted by molar-refractivity contribution is -0.384. The fourth-order valence-electron chi connectivity index (χ4n) is 1.84. The first-order chi connectivity index (χ1) is 10.1. The van der Waals surface area contributed by atoms with E-state index in [2.05, 4.69) is 22.6 Å². The number of halogens is 1. The maximum atomic E-state index is 10.7. The molecule has 0 saturated carbocycles. The average molecular weight is 310 g/mol. The van der Waals surface area contributed by atoms with Gasteiger partial charge in [-0.1, -0.05) is 23.7 Å². The smallest absolute Gasteiger partial charge is 0.270 e. The van der Waals surface area contributed by atoms with Gasteiger partial charge in [0.25, 0.3) is 5.69 Å². The van der Waals surface area contributed by atoms with E-state index in [0.29, 0.717) is 18.1 Å². The molecule has 1 aromatic carbocycles. The van der Waals surface area contributed by atoms with Gasteiger partial charge in [0.2, 0.25) is 0 Å². The second-order valence-corrected chi connectivity index (χ2v) is 5.02. The van der Waals surface area contributed by atoms with Crippen molar-refractivity contribution in [2.75, 3.05) is 6.54 Å². The van der Waals surface area contributed by atoms with Gasteiger partial charge in [-0.15, -0.1) is 5.10 Å². The van der Waals surface area contributed by atoms with Gasteiger partial charge in [0, 0.05) is 18.7 Å². The molecule has 0 bridgehead atoms. The van der Waals surface area contributed by atoms with E-state index in [1.54, 1.807) is 10.7 Å². The number of nitro benzene ring substituents is 1. The molecule has 1 heterocycles. The molecule has 0 radical (unpaired) electrons. The maximum Gasteiger partial charge on any atom is 0.270 e. The van der Waals surface area contributed by atoms with Gasteiger partial charge in [0.05, 0.1) is 28.4 Å². The van der Waals surface area contributed by atoms with Crippen molar-refractivity contribution in [2.45, 2.75) is 26.4 Å². The minimum atomic E-state index is -0.470. The van der Waals surface area contributed by atoms with Gasteiger partial charge in [0.15, 0.2) is 0 Å². The van der Waals surface area contributed by atoms with Crippen molar-refractivity contribution < 1.29 is 4.92 Å². The third kappa shape index (κ3) is 4.24. The molecule has 8 heteroatoms. The van der Waals surface area contributed by atoms with Crippen LogP contribution in [0.3, 0.4) is 0 Å². The predicted octanol–water partition coefficient (Wildman–Crippen LogP) is 2.39. The van der Waals surface area contributed by atoms with Gasteiger partial charge in [-0.25, -0.2) is 4.68 Å². The fraction of sp³-hybridized carbons (Fsp3) is 0.385. The van der Waals surface area contributed by atoms with Crippen molar-refractivity contribution >= 4 is 17.3 Å². The molecule has 0 spiro atoms. The SMILES string of the molecule is CCCNCc1cn(Cc2ccc([N+](=O)[O-])cc2Cl)nn1. The molecule has 0 aliphatic carbocycles. The molecule has 21 heavy (non-hydrogen) atoms. The zero-order valence-electron chi connectivity index (χ0n) is 11.6. The molecular formula is C13H16ClN5O2. The first-order valence-corrected chi connectivity index (χ1v) is 7.00. The topological polar surface area (TPSA) is 85.9 Å². The van der Waals surface area contributed by atoms with Crippen molar-refractivity contribution in [3.05, 3.63) is 50.8 Å². The Balaban J connectivity index is 2.03. The lowest BCUT2D eigenvalue weighted by Crippen LogP contribution is -2.13. The van der Waals surface area contributed by atoms with E-state index in [4.69, 9.17) is 11.6 Å². The minimum Gasteiger partial charge on any atom is -0.311 e. The number of rotatable bonds is 7. The molecule has 0 unspecified atom stereocenters. The van der Waals surface area contributed by atoms with Crippen molar-refractivity contribution in [3.63, 3.8) is 0 Å². The van der Waals surface area contributed by atoms with Gasteiger partial charge in [-0.05, 0) is 24.6 Å². The van der Waals surface area contributed by atoms with Crippen LogP contribution in [0, 0.1) is 10.1 Å². The Morgan fingerprint density at radius 2 is 2.29 bits per heavy atom. The van der Waals surface area contributed by atoms with Crippen molar-refractivity contribution in [2.24, 2.45) is 0 Å². The Hall–Kier alpha value is -1.99. The van der Waals surface area contributed by atoms with Crippen LogP contribution in [0.4, 0.5) is 5.69 Å². The highest BCUT2D eigenvalue weighted by Crippen LogP contribution is 2.23. The molecule has 112 valence electrons. The standard InChI is InChI=1S/C13H16ClN5O2/c1-2-5-15-7-11-9-18(17-16-11)8-10-3-4-12(19(20)21)6-13(10)14/h3-4,6,9,15H,2,5,7-8H2,1H3. The predicted molar refractivity (Wildman–Crippen MR) is 79.2 cm³/mol. The van der Waals surface area contributed by atoms with Crippen molar-refractivity contribution in [1.82, 2.24) is 20.3 Å². The molecule has 2 aromatic rings. The number of hydrogen-bond donors (Lipinski definition) is 1. The van der Waals surface area contributed by atoms with Gasteiger partial charge < -0.3 is 5.32 Å². The molecule has 0 atom stereocenters. The number of non-ortho nitro benzene ring substituents is 1. The molecule has 0 aliphatic heterocycles. The van der Waals surface area contributed by atoms with Crippen LogP contribution in [0.5, 0.6) is 0 Å². The summed E-state index contributed by atoms with van der Waals surface area (Å²) >= 11 is 6.05. The second kappa shape index (κ2) is 7.14. The highest BCUT2D eigenvalue weighted by molar-refractivity contribution is 6.31. The van der Waals surface area contributed by atoms with Crippen LogP contribution in [0.15, 0.2) is 24.4 Å². The normalized spacial score (nSPS) is 10.8. The van der Waals surface area contributed by atoms with Gasteiger partial charge in [-0.2, -0.15) is 0 Å². The fourth-order valence-corrected chi connectivity index (χ4v) is 2.08. The van der Waals surface area contributed by atoms with E-state index in [1.165, 1.54) is 12.1 Å². The molecule has 7 nitrogen and oxygen atoms in total. The van der Waals surface area contributed by atoms with E-state index in [-0.39, 0.29) is 5.69 Å². The molecule has 0 amide bonds. The number of nitrogens with one attached hydrogen (secondary N) is 1. The number of hydrogen-bond acceptors (Lipinski definition) is 5. The number of nitro groups is 1. The molecular weight excluding hydrogens is 294 g/mol. The monoisotopic (exact) mass is 309 g/mol. The van der Waals surface area contributed by atoms with Crippen LogP contribution in [0.2, 0.25) is 5.02 Å². The molecule has 2 rings (SSSR count). The number of nitrogens with zero attached hydrogens (tertiary/aromatic N) is 4. The highest BCUT2D eigenvalue weighted by Gasteiger charge is 2.10. The van der Waals surface area contributed by atoms with Crippen LogP contribution in [0.1, 0.15) is 24.6 Å². The summed E-state index contributed by atoms with van der Waals surface area (Å²) in [6.45, 7) is 4.13. The lowest BCUT2D eigenvalue weighted by Gasteiger charge is -2.03. The Kier molecular flexibility index (Phi) is 5.24.